The quantitative estimate of drug-likeness (QED) is 0.767. The molecule has 1 atom stereocenters. The fourth-order valence-electron chi connectivity index (χ4n) is 2.74. The number of carbonyl (C=O) groups is 1. The highest BCUT2D eigenvalue weighted by Crippen LogP contribution is 2.19. The molecule has 0 radical (unpaired) electrons. The third-order valence-electron chi connectivity index (χ3n) is 4.61. The van der Waals surface area contributed by atoms with Crippen molar-refractivity contribution in [1.82, 2.24) is 30.3 Å². The molecule has 1 aliphatic heterocycles. The highest BCUT2D eigenvalue weighted by molar-refractivity contribution is 5.73. The van der Waals surface area contributed by atoms with E-state index in [0.717, 1.165) is 45.1 Å². The van der Waals surface area contributed by atoms with Gasteiger partial charge in [0.2, 0.25) is 0 Å². The van der Waals surface area contributed by atoms with Gasteiger partial charge in [-0.2, -0.15) is 0 Å². The van der Waals surface area contributed by atoms with Crippen LogP contribution in [-0.2, 0) is 17.8 Å². The first-order valence-electron chi connectivity index (χ1n) is 8.30. The molecule has 0 spiro atoms. The standard InChI is InChI=1S/C15H28N6O2/c1-4-15(3,21-6-8-23-9-7-21)11-17-14(22)16-10-13-19-18-12-20(13)5-2/h12H,4-11H2,1-3H3,(H2,16,17,22)/t15-/m1/s1. The molecule has 2 heterocycles. The number of ether oxygens (including phenoxy) is 1. The van der Waals surface area contributed by atoms with Crippen molar-refractivity contribution in [2.45, 2.75) is 45.8 Å². The van der Waals surface area contributed by atoms with E-state index in [2.05, 4.69) is 39.6 Å². The SMILES string of the molecule is CCn1cnnc1CNC(=O)NC[C@@](C)(CC)N1CCOCC1. The lowest BCUT2D eigenvalue weighted by atomic mass is 9.95. The van der Waals surface area contributed by atoms with E-state index in [1.807, 2.05) is 11.5 Å². The Kier molecular flexibility index (Phi) is 6.35. The van der Waals surface area contributed by atoms with E-state index in [0.29, 0.717) is 13.1 Å². The maximum atomic E-state index is 12.1. The average molecular weight is 324 g/mol. The summed E-state index contributed by atoms with van der Waals surface area (Å²) in [6.07, 6.45) is 2.64. The lowest BCUT2D eigenvalue weighted by Gasteiger charge is -2.43. The van der Waals surface area contributed by atoms with E-state index >= 15 is 0 Å². The van der Waals surface area contributed by atoms with Gasteiger partial charge in [0.25, 0.3) is 0 Å². The van der Waals surface area contributed by atoms with Gasteiger partial charge >= 0.3 is 6.03 Å². The molecule has 0 aromatic carbocycles. The van der Waals surface area contributed by atoms with Gasteiger partial charge in [-0.1, -0.05) is 6.92 Å². The summed E-state index contributed by atoms with van der Waals surface area (Å²) in [5, 5.41) is 13.7. The van der Waals surface area contributed by atoms with E-state index in [4.69, 9.17) is 4.74 Å². The van der Waals surface area contributed by atoms with Crippen LogP contribution in [0.3, 0.4) is 0 Å². The number of nitrogens with zero attached hydrogens (tertiary/aromatic N) is 4. The number of aromatic nitrogens is 3. The van der Waals surface area contributed by atoms with E-state index in [9.17, 15) is 4.79 Å². The van der Waals surface area contributed by atoms with E-state index in [1.165, 1.54) is 0 Å². The molecule has 1 saturated heterocycles. The molecule has 0 saturated carbocycles. The van der Waals surface area contributed by atoms with Crippen LogP contribution >= 0.6 is 0 Å². The third kappa shape index (κ3) is 4.65. The first kappa shape index (κ1) is 17.7. The predicted molar refractivity (Wildman–Crippen MR) is 87.0 cm³/mol. The molecule has 8 heteroatoms. The zero-order valence-corrected chi connectivity index (χ0v) is 14.3. The second-order valence-corrected chi connectivity index (χ2v) is 6.02. The molecular weight excluding hydrogens is 296 g/mol. The van der Waals surface area contributed by atoms with Crippen molar-refractivity contribution >= 4 is 6.03 Å². The fraction of sp³-hybridized carbons (Fsp3) is 0.800. The van der Waals surface area contributed by atoms with Gasteiger partial charge in [-0.3, -0.25) is 4.90 Å². The average Bonchev–Trinajstić information content (AvgIpc) is 3.06. The summed E-state index contributed by atoms with van der Waals surface area (Å²) in [5.41, 5.74) is -0.0510. The van der Waals surface area contributed by atoms with Crippen LogP contribution in [0.15, 0.2) is 6.33 Å². The lowest BCUT2D eigenvalue weighted by Crippen LogP contribution is -2.57. The van der Waals surface area contributed by atoms with Gasteiger partial charge in [-0.25, -0.2) is 4.79 Å². The van der Waals surface area contributed by atoms with Crippen molar-refractivity contribution in [3.63, 3.8) is 0 Å². The molecule has 0 bridgehead atoms. The molecular formula is C15H28N6O2. The molecule has 2 amide bonds. The van der Waals surface area contributed by atoms with E-state index in [1.54, 1.807) is 6.33 Å². The molecule has 0 unspecified atom stereocenters. The van der Waals surface area contributed by atoms with Gasteiger partial charge in [0, 0.05) is 31.7 Å². The van der Waals surface area contributed by atoms with Crippen molar-refractivity contribution in [3.8, 4) is 0 Å². The second-order valence-electron chi connectivity index (χ2n) is 6.02. The third-order valence-corrected chi connectivity index (χ3v) is 4.61. The van der Waals surface area contributed by atoms with Gasteiger partial charge in [-0.05, 0) is 20.3 Å². The van der Waals surface area contributed by atoms with Crippen molar-refractivity contribution < 1.29 is 9.53 Å². The first-order valence-corrected chi connectivity index (χ1v) is 8.30. The van der Waals surface area contributed by atoms with Crippen molar-refractivity contribution in [3.05, 3.63) is 12.2 Å². The minimum absolute atomic E-state index is 0.0510. The highest BCUT2D eigenvalue weighted by Gasteiger charge is 2.31. The summed E-state index contributed by atoms with van der Waals surface area (Å²) in [6.45, 7) is 11.5. The summed E-state index contributed by atoms with van der Waals surface area (Å²) < 4.78 is 7.32. The summed E-state index contributed by atoms with van der Waals surface area (Å²) in [6, 6.07) is -0.177. The van der Waals surface area contributed by atoms with Gasteiger partial charge < -0.3 is 19.9 Å². The minimum atomic E-state index is -0.177. The number of urea groups is 1. The van der Waals surface area contributed by atoms with Crippen molar-refractivity contribution in [1.29, 1.82) is 0 Å². The van der Waals surface area contributed by atoms with E-state index < -0.39 is 0 Å². The Labute approximate surface area is 137 Å². The zero-order valence-electron chi connectivity index (χ0n) is 14.3. The second kappa shape index (κ2) is 8.26. The fourth-order valence-corrected chi connectivity index (χ4v) is 2.74. The normalized spacial score (nSPS) is 18.4. The van der Waals surface area contributed by atoms with Gasteiger partial charge in [0.1, 0.15) is 6.33 Å². The van der Waals surface area contributed by atoms with Crippen LogP contribution in [-0.4, -0.2) is 64.1 Å². The van der Waals surface area contributed by atoms with Gasteiger partial charge in [0.15, 0.2) is 5.82 Å². The number of morpholine rings is 1. The molecule has 1 aromatic rings. The molecule has 1 aromatic heterocycles. The molecule has 2 rings (SSSR count). The molecule has 0 aliphatic carbocycles. The van der Waals surface area contributed by atoms with Crippen LogP contribution in [0.25, 0.3) is 0 Å². The number of aryl methyl sites for hydroxylation is 1. The van der Waals surface area contributed by atoms with Crippen LogP contribution in [0.5, 0.6) is 0 Å². The van der Waals surface area contributed by atoms with Crippen LogP contribution in [0.1, 0.15) is 33.0 Å². The largest absolute Gasteiger partial charge is 0.379 e. The number of nitrogens with one attached hydrogen (secondary N) is 2. The summed E-state index contributed by atoms with van der Waals surface area (Å²) in [4.78, 5) is 14.5. The first-order chi connectivity index (χ1) is 11.1. The number of carbonyl (C=O) groups excluding carboxylic acids is 1. The Bertz CT molecular complexity index is 500. The zero-order chi connectivity index (χ0) is 16.7. The van der Waals surface area contributed by atoms with Crippen LogP contribution in [0.2, 0.25) is 0 Å². The van der Waals surface area contributed by atoms with Gasteiger partial charge in [-0.15, -0.1) is 10.2 Å². The van der Waals surface area contributed by atoms with Crippen LogP contribution in [0.4, 0.5) is 4.79 Å². The predicted octanol–water partition coefficient (Wildman–Crippen LogP) is 0.598. The Morgan fingerprint density at radius 1 is 1.35 bits per heavy atom. The Morgan fingerprint density at radius 3 is 2.74 bits per heavy atom. The van der Waals surface area contributed by atoms with Crippen LogP contribution < -0.4 is 10.6 Å². The Balaban J connectivity index is 1.80. The molecule has 1 fully saturated rings. The number of hydrogen-bond donors (Lipinski definition) is 2. The smallest absolute Gasteiger partial charge is 0.315 e. The monoisotopic (exact) mass is 324 g/mol. The van der Waals surface area contributed by atoms with Crippen LogP contribution in [0, 0.1) is 0 Å². The van der Waals surface area contributed by atoms with Crippen molar-refractivity contribution in [2.75, 3.05) is 32.8 Å². The molecule has 130 valence electrons. The number of amides is 2. The van der Waals surface area contributed by atoms with Crippen molar-refractivity contribution in [2.24, 2.45) is 0 Å². The maximum Gasteiger partial charge on any atom is 0.315 e. The van der Waals surface area contributed by atoms with Gasteiger partial charge in [0.05, 0.1) is 19.8 Å². The highest BCUT2D eigenvalue weighted by atomic mass is 16.5. The molecule has 1 aliphatic rings. The van der Waals surface area contributed by atoms with E-state index in [-0.39, 0.29) is 11.6 Å². The molecule has 2 N–H and O–H groups in total. The summed E-state index contributed by atoms with van der Waals surface area (Å²) in [7, 11) is 0. The minimum Gasteiger partial charge on any atom is -0.379 e. The summed E-state index contributed by atoms with van der Waals surface area (Å²) >= 11 is 0. The molecule has 8 nitrogen and oxygen atoms in total. The Morgan fingerprint density at radius 2 is 2.09 bits per heavy atom. The maximum absolute atomic E-state index is 12.1. The lowest BCUT2D eigenvalue weighted by molar-refractivity contribution is -0.0165. The Hall–Kier alpha value is -1.67. The number of hydrogen-bond acceptors (Lipinski definition) is 5. The molecule has 23 heavy (non-hydrogen) atoms. The number of rotatable bonds is 7. The topological polar surface area (TPSA) is 84.3 Å². The summed E-state index contributed by atoms with van der Waals surface area (Å²) in [5.74, 6) is 0.758.